The monoisotopic (exact) mass is 236 g/mol. The van der Waals surface area contributed by atoms with Crippen molar-refractivity contribution in [3.63, 3.8) is 0 Å². The zero-order valence-electron chi connectivity index (χ0n) is 10.8. The summed E-state index contributed by atoms with van der Waals surface area (Å²) in [4.78, 5) is 4.37. The Morgan fingerprint density at radius 3 is 2.29 bits per heavy atom. The molecule has 0 radical (unpaired) electrons. The maximum Gasteiger partial charge on any atom is 0.258 e. The number of hydrogen-bond acceptors (Lipinski definition) is 4. The van der Waals surface area contributed by atoms with Gasteiger partial charge in [0.2, 0.25) is 0 Å². The van der Waals surface area contributed by atoms with Crippen LogP contribution in [0.4, 0.5) is 0 Å². The zero-order chi connectivity index (χ0) is 12.1. The Morgan fingerprint density at radius 1 is 1.18 bits per heavy atom. The van der Waals surface area contributed by atoms with Crippen molar-refractivity contribution in [2.45, 2.75) is 52.1 Å². The van der Waals surface area contributed by atoms with Crippen molar-refractivity contribution in [3.05, 3.63) is 11.7 Å². The van der Waals surface area contributed by atoms with Crippen molar-refractivity contribution in [1.29, 1.82) is 0 Å². The zero-order valence-corrected chi connectivity index (χ0v) is 10.8. The molecule has 0 unspecified atom stereocenters. The van der Waals surface area contributed by atoms with Gasteiger partial charge in [-0.1, -0.05) is 19.0 Å². The van der Waals surface area contributed by atoms with Crippen LogP contribution in [0.1, 0.15) is 51.2 Å². The molecule has 1 aromatic rings. The fourth-order valence-corrected chi connectivity index (χ4v) is 3.22. The molecule has 2 saturated heterocycles. The van der Waals surface area contributed by atoms with Crippen LogP contribution in [-0.2, 0) is 10.3 Å². The van der Waals surface area contributed by atoms with Gasteiger partial charge in [0.25, 0.3) is 5.89 Å². The first kappa shape index (κ1) is 11.2. The molecule has 0 atom stereocenters. The van der Waals surface area contributed by atoms with E-state index in [1.165, 1.54) is 12.8 Å². The van der Waals surface area contributed by atoms with Crippen LogP contribution in [0, 0.1) is 18.3 Å². The summed E-state index contributed by atoms with van der Waals surface area (Å²) < 4.78 is 11.5. The van der Waals surface area contributed by atoms with Gasteiger partial charge >= 0.3 is 0 Å². The van der Waals surface area contributed by atoms with Gasteiger partial charge in [-0.05, 0) is 43.9 Å². The van der Waals surface area contributed by atoms with Gasteiger partial charge in [-0.3, -0.25) is 0 Å². The lowest BCUT2D eigenvalue weighted by Gasteiger charge is -2.53. The van der Waals surface area contributed by atoms with Gasteiger partial charge < -0.3 is 9.26 Å². The van der Waals surface area contributed by atoms with E-state index in [1.807, 2.05) is 6.92 Å². The summed E-state index contributed by atoms with van der Waals surface area (Å²) in [5.74, 6) is 2.07. The third kappa shape index (κ3) is 1.53. The van der Waals surface area contributed by atoms with Crippen molar-refractivity contribution in [3.8, 4) is 0 Å². The van der Waals surface area contributed by atoms with Crippen LogP contribution in [0.25, 0.3) is 0 Å². The van der Waals surface area contributed by atoms with Gasteiger partial charge in [0, 0.05) is 0 Å². The lowest BCUT2D eigenvalue weighted by molar-refractivity contribution is -0.212. The molecule has 0 N–H and O–H groups in total. The summed E-state index contributed by atoms with van der Waals surface area (Å²) >= 11 is 0. The third-order valence-corrected chi connectivity index (χ3v) is 4.83. The molecule has 2 bridgehead atoms. The highest BCUT2D eigenvalue weighted by atomic mass is 16.5. The molecule has 4 nitrogen and oxygen atoms in total. The van der Waals surface area contributed by atoms with Crippen LogP contribution in [0.3, 0.4) is 0 Å². The summed E-state index contributed by atoms with van der Waals surface area (Å²) in [5, 5.41) is 3.89. The predicted octanol–water partition coefficient (Wildman–Crippen LogP) is 2.82. The van der Waals surface area contributed by atoms with Crippen LogP contribution in [0.15, 0.2) is 4.52 Å². The first-order valence-corrected chi connectivity index (χ1v) is 6.51. The fourth-order valence-electron chi connectivity index (χ4n) is 3.22. The maximum atomic E-state index is 6.13. The fraction of sp³-hybridized carbons (Fsp3) is 0.846. The van der Waals surface area contributed by atoms with Gasteiger partial charge in [-0.25, -0.2) is 0 Å². The number of ether oxygens (including phenoxy) is 1. The van der Waals surface area contributed by atoms with E-state index in [-0.39, 0.29) is 5.60 Å². The molecule has 1 saturated carbocycles. The summed E-state index contributed by atoms with van der Waals surface area (Å²) in [5.41, 5.74) is 0.106. The van der Waals surface area contributed by atoms with Crippen LogP contribution in [0.5, 0.6) is 0 Å². The smallest absolute Gasteiger partial charge is 0.258 e. The van der Waals surface area contributed by atoms with Gasteiger partial charge in [0.15, 0.2) is 5.82 Å². The Hall–Kier alpha value is -0.900. The minimum Gasteiger partial charge on any atom is -0.365 e. The largest absolute Gasteiger partial charge is 0.365 e. The van der Waals surface area contributed by atoms with E-state index in [1.54, 1.807) is 0 Å². The molecular weight excluding hydrogens is 216 g/mol. The van der Waals surface area contributed by atoms with Crippen LogP contribution >= 0.6 is 0 Å². The minimum absolute atomic E-state index is 0.280. The SMILES string of the molecule is Cc1noc(C23CCC(C(C)C)(CC2)CO3)n1. The van der Waals surface area contributed by atoms with Crippen LogP contribution in [0.2, 0.25) is 0 Å². The lowest BCUT2D eigenvalue weighted by atomic mass is 9.61. The number of rotatable bonds is 2. The minimum atomic E-state index is -0.280. The Balaban J connectivity index is 1.86. The van der Waals surface area contributed by atoms with Gasteiger partial charge in [0.05, 0.1) is 6.61 Å². The summed E-state index contributed by atoms with van der Waals surface area (Å²) in [7, 11) is 0. The second kappa shape index (κ2) is 3.55. The normalized spacial score (nSPS) is 36.7. The molecule has 3 heterocycles. The summed E-state index contributed by atoms with van der Waals surface area (Å²) in [6.45, 7) is 7.30. The molecule has 0 spiro atoms. The number of nitrogens with zero attached hydrogens (tertiary/aromatic N) is 2. The third-order valence-electron chi connectivity index (χ3n) is 4.83. The van der Waals surface area contributed by atoms with Crippen molar-refractivity contribution in [2.75, 3.05) is 6.61 Å². The molecule has 4 rings (SSSR count). The van der Waals surface area contributed by atoms with Crippen molar-refractivity contribution >= 4 is 0 Å². The highest BCUT2D eigenvalue weighted by Crippen LogP contribution is 2.55. The molecule has 1 aromatic heterocycles. The lowest BCUT2D eigenvalue weighted by Crippen LogP contribution is -2.51. The molecule has 3 aliphatic rings. The molecule has 1 aliphatic carbocycles. The average Bonchev–Trinajstić information content (AvgIpc) is 2.79. The molecular formula is C13H20N2O2. The van der Waals surface area contributed by atoms with Gasteiger partial charge in [-0.2, -0.15) is 4.98 Å². The second-order valence-corrected chi connectivity index (χ2v) is 5.95. The first-order chi connectivity index (χ1) is 8.06. The predicted molar refractivity (Wildman–Crippen MR) is 62.4 cm³/mol. The molecule has 94 valence electrons. The number of aromatic nitrogens is 2. The number of fused-ring (bicyclic) bond motifs is 3. The van der Waals surface area contributed by atoms with Crippen molar-refractivity contribution in [2.24, 2.45) is 11.3 Å². The second-order valence-electron chi connectivity index (χ2n) is 5.95. The Labute approximate surface area is 102 Å². The van der Waals surface area contributed by atoms with Crippen LogP contribution < -0.4 is 0 Å². The standard InChI is InChI=1S/C13H20N2O2/c1-9(2)12-4-6-13(7-5-12,16-8-12)11-14-10(3)15-17-11/h9H,4-8H2,1-3H3. The van der Waals surface area contributed by atoms with E-state index >= 15 is 0 Å². The van der Waals surface area contributed by atoms with Gasteiger partial charge in [-0.15, -0.1) is 0 Å². The quantitative estimate of drug-likeness (QED) is 0.792. The van der Waals surface area contributed by atoms with E-state index in [2.05, 4.69) is 24.0 Å². The molecule has 2 aliphatic heterocycles. The number of aryl methyl sites for hydroxylation is 1. The first-order valence-electron chi connectivity index (χ1n) is 6.51. The van der Waals surface area contributed by atoms with E-state index in [4.69, 9.17) is 9.26 Å². The Kier molecular flexibility index (Phi) is 2.34. The van der Waals surface area contributed by atoms with Crippen molar-refractivity contribution < 1.29 is 9.26 Å². The topological polar surface area (TPSA) is 48.2 Å². The molecule has 3 fully saturated rings. The van der Waals surface area contributed by atoms with Crippen molar-refractivity contribution in [1.82, 2.24) is 10.1 Å². The van der Waals surface area contributed by atoms with E-state index in [0.29, 0.717) is 23.0 Å². The Bertz CT molecular complexity index is 400. The van der Waals surface area contributed by atoms with Gasteiger partial charge in [0.1, 0.15) is 5.60 Å². The molecule has 0 amide bonds. The van der Waals surface area contributed by atoms with E-state index < -0.39 is 0 Å². The molecule has 0 aromatic carbocycles. The highest BCUT2D eigenvalue weighted by Gasteiger charge is 2.54. The maximum absolute atomic E-state index is 6.13. The average molecular weight is 236 g/mol. The molecule has 17 heavy (non-hydrogen) atoms. The highest BCUT2D eigenvalue weighted by molar-refractivity contribution is 5.08. The van der Waals surface area contributed by atoms with E-state index in [9.17, 15) is 0 Å². The van der Waals surface area contributed by atoms with Crippen LogP contribution in [-0.4, -0.2) is 16.7 Å². The summed E-state index contributed by atoms with van der Waals surface area (Å²) in [6.07, 6.45) is 4.47. The van der Waals surface area contributed by atoms with E-state index in [0.717, 1.165) is 19.4 Å². The summed E-state index contributed by atoms with van der Waals surface area (Å²) in [6, 6.07) is 0. The molecule has 4 heteroatoms. The number of hydrogen-bond donors (Lipinski definition) is 0. The Morgan fingerprint density at radius 2 is 1.88 bits per heavy atom.